The average molecular weight is 214 g/mol. The lowest BCUT2D eigenvalue weighted by Gasteiger charge is -2.05. The zero-order valence-electron chi connectivity index (χ0n) is 9.47. The number of imidazole rings is 1. The van der Waals surface area contributed by atoms with Crippen LogP contribution < -0.4 is 0 Å². The van der Waals surface area contributed by atoms with Gasteiger partial charge in [-0.05, 0) is 13.8 Å². The molecular weight excluding hydrogens is 200 g/mol. The van der Waals surface area contributed by atoms with Gasteiger partial charge in [0.15, 0.2) is 5.78 Å². The van der Waals surface area contributed by atoms with Crippen molar-refractivity contribution >= 4 is 5.78 Å². The van der Waals surface area contributed by atoms with Crippen molar-refractivity contribution in [1.29, 1.82) is 0 Å². The van der Waals surface area contributed by atoms with Crippen molar-refractivity contribution in [2.45, 2.75) is 20.4 Å². The van der Waals surface area contributed by atoms with Crippen LogP contribution in [0.1, 0.15) is 24.2 Å². The van der Waals surface area contributed by atoms with E-state index in [-0.39, 0.29) is 5.78 Å². The number of aryl methyl sites for hydroxylation is 1. The molecule has 2 rings (SSSR count). The third-order valence-electron chi connectivity index (χ3n) is 2.61. The highest BCUT2D eigenvalue weighted by molar-refractivity contribution is 5.94. The van der Waals surface area contributed by atoms with Crippen molar-refractivity contribution in [1.82, 2.24) is 9.55 Å². The molecule has 1 heterocycles. The molecule has 2 aromatic rings. The summed E-state index contributed by atoms with van der Waals surface area (Å²) in [6.07, 6.45) is 3.74. The van der Waals surface area contributed by atoms with Crippen molar-refractivity contribution in [2.75, 3.05) is 0 Å². The van der Waals surface area contributed by atoms with Gasteiger partial charge in [0.1, 0.15) is 5.82 Å². The molecule has 0 N–H and O–H groups in total. The number of hydrogen-bond acceptors (Lipinski definition) is 2. The predicted octanol–water partition coefficient (Wildman–Crippen LogP) is 2.77. The van der Waals surface area contributed by atoms with Gasteiger partial charge in [0, 0.05) is 30.1 Å². The molecule has 0 bridgehead atoms. The second-order valence-electron chi connectivity index (χ2n) is 3.67. The lowest BCUT2D eigenvalue weighted by molar-refractivity contribution is 0.101. The highest BCUT2D eigenvalue weighted by atomic mass is 16.1. The zero-order chi connectivity index (χ0) is 11.5. The molecule has 3 heteroatoms. The maximum absolute atomic E-state index is 11.1. The van der Waals surface area contributed by atoms with Gasteiger partial charge < -0.3 is 4.57 Å². The molecule has 0 atom stereocenters. The number of rotatable bonds is 3. The Morgan fingerprint density at radius 3 is 2.56 bits per heavy atom. The van der Waals surface area contributed by atoms with E-state index in [4.69, 9.17) is 0 Å². The predicted molar refractivity (Wildman–Crippen MR) is 63.3 cm³/mol. The standard InChI is InChI=1S/C13H14N2O/c1-3-15-9-8-14-13(15)12-6-4-11(5-7-12)10(2)16/h4-9H,3H2,1-2H3. The Morgan fingerprint density at radius 1 is 1.31 bits per heavy atom. The molecule has 3 nitrogen and oxygen atoms in total. The number of nitrogens with zero attached hydrogens (tertiary/aromatic N) is 2. The van der Waals surface area contributed by atoms with Gasteiger partial charge in [-0.25, -0.2) is 4.98 Å². The fraction of sp³-hybridized carbons (Fsp3) is 0.231. The topological polar surface area (TPSA) is 34.9 Å². The largest absolute Gasteiger partial charge is 0.331 e. The van der Waals surface area contributed by atoms with Crippen LogP contribution in [0.15, 0.2) is 36.7 Å². The smallest absolute Gasteiger partial charge is 0.159 e. The molecule has 1 aromatic heterocycles. The first-order chi connectivity index (χ1) is 7.72. The summed E-state index contributed by atoms with van der Waals surface area (Å²) in [4.78, 5) is 15.5. The van der Waals surface area contributed by atoms with Gasteiger partial charge in [-0.2, -0.15) is 0 Å². The van der Waals surface area contributed by atoms with Gasteiger partial charge in [0.25, 0.3) is 0 Å². The number of benzene rings is 1. The molecule has 0 radical (unpaired) electrons. The summed E-state index contributed by atoms with van der Waals surface area (Å²) in [6, 6.07) is 7.55. The van der Waals surface area contributed by atoms with Crippen molar-refractivity contribution in [2.24, 2.45) is 0 Å². The molecule has 0 fully saturated rings. The molecule has 0 spiro atoms. The lowest BCUT2D eigenvalue weighted by atomic mass is 10.1. The average Bonchev–Trinajstić information content (AvgIpc) is 2.77. The second kappa shape index (κ2) is 4.31. The van der Waals surface area contributed by atoms with E-state index in [9.17, 15) is 4.79 Å². The van der Waals surface area contributed by atoms with Crippen LogP contribution in [0.25, 0.3) is 11.4 Å². The summed E-state index contributed by atoms with van der Waals surface area (Å²) in [5, 5.41) is 0. The fourth-order valence-corrected chi connectivity index (χ4v) is 1.68. The van der Waals surface area contributed by atoms with E-state index in [0.29, 0.717) is 0 Å². The summed E-state index contributed by atoms with van der Waals surface area (Å²) < 4.78 is 2.07. The molecule has 0 aliphatic rings. The fourth-order valence-electron chi connectivity index (χ4n) is 1.68. The van der Waals surface area contributed by atoms with Crippen LogP contribution >= 0.6 is 0 Å². The van der Waals surface area contributed by atoms with E-state index in [2.05, 4.69) is 16.5 Å². The van der Waals surface area contributed by atoms with Crippen molar-refractivity contribution in [3.63, 3.8) is 0 Å². The Balaban J connectivity index is 2.38. The van der Waals surface area contributed by atoms with Crippen molar-refractivity contribution < 1.29 is 4.79 Å². The van der Waals surface area contributed by atoms with E-state index < -0.39 is 0 Å². The van der Waals surface area contributed by atoms with E-state index in [1.165, 1.54) is 0 Å². The SMILES string of the molecule is CCn1ccnc1-c1ccc(C(C)=O)cc1. The minimum atomic E-state index is 0.0883. The number of aromatic nitrogens is 2. The highest BCUT2D eigenvalue weighted by Gasteiger charge is 2.05. The molecule has 0 saturated carbocycles. The summed E-state index contributed by atoms with van der Waals surface area (Å²) in [6.45, 7) is 4.54. The third-order valence-corrected chi connectivity index (χ3v) is 2.61. The number of carbonyl (C=O) groups excluding carboxylic acids is 1. The number of ketones is 1. The monoisotopic (exact) mass is 214 g/mol. The first-order valence-corrected chi connectivity index (χ1v) is 5.35. The van der Waals surface area contributed by atoms with Crippen molar-refractivity contribution in [3.05, 3.63) is 42.2 Å². The Labute approximate surface area is 94.7 Å². The Morgan fingerprint density at radius 2 is 2.00 bits per heavy atom. The van der Waals surface area contributed by atoms with E-state index in [0.717, 1.165) is 23.5 Å². The summed E-state index contributed by atoms with van der Waals surface area (Å²) >= 11 is 0. The van der Waals surface area contributed by atoms with Crippen LogP contribution in [0, 0.1) is 0 Å². The Bertz CT molecular complexity index is 497. The normalized spacial score (nSPS) is 10.4. The number of carbonyl (C=O) groups is 1. The summed E-state index contributed by atoms with van der Waals surface area (Å²) in [5.41, 5.74) is 1.77. The molecular formula is C13H14N2O. The molecule has 0 saturated heterocycles. The maximum atomic E-state index is 11.1. The van der Waals surface area contributed by atoms with E-state index >= 15 is 0 Å². The summed E-state index contributed by atoms with van der Waals surface area (Å²) in [5.74, 6) is 1.03. The lowest BCUT2D eigenvalue weighted by Crippen LogP contribution is -1.97. The first kappa shape index (κ1) is 10.6. The van der Waals surface area contributed by atoms with E-state index in [1.54, 1.807) is 13.1 Å². The van der Waals surface area contributed by atoms with Crippen LogP contribution in [0.4, 0.5) is 0 Å². The quantitative estimate of drug-likeness (QED) is 0.736. The third kappa shape index (κ3) is 1.89. The Kier molecular flexibility index (Phi) is 2.86. The van der Waals surface area contributed by atoms with Gasteiger partial charge in [-0.15, -0.1) is 0 Å². The minimum absolute atomic E-state index is 0.0883. The minimum Gasteiger partial charge on any atom is -0.331 e. The zero-order valence-corrected chi connectivity index (χ0v) is 9.47. The van der Waals surface area contributed by atoms with E-state index in [1.807, 2.05) is 30.5 Å². The molecule has 0 amide bonds. The number of hydrogen-bond donors (Lipinski definition) is 0. The molecule has 82 valence electrons. The highest BCUT2D eigenvalue weighted by Crippen LogP contribution is 2.18. The van der Waals surface area contributed by atoms with Crippen LogP contribution in [0.2, 0.25) is 0 Å². The Hall–Kier alpha value is -1.90. The van der Waals surface area contributed by atoms with Crippen LogP contribution in [-0.2, 0) is 6.54 Å². The molecule has 0 aliphatic carbocycles. The van der Waals surface area contributed by atoms with Crippen LogP contribution in [0.5, 0.6) is 0 Å². The van der Waals surface area contributed by atoms with Gasteiger partial charge in [-0.3, -0.25) is 4.79 Å². The van der Waals surface area contributed by atoms with Crippen molar-refractivity contribution in [3.8, 4) is 11.4 Å². The van der Waals surface area contributed by atoms with Gasteiger partial charge in [0.05, 0.1) is 0 Å². The number of Topliss-reactive ketones (excluding diaryl/α,β-unsaturated/α-hetero) is 1. The van der Waals surface area contributed by atoms with Crippen LogP contribution in [0.3, 0.4) is 0 Å². The second-order valence-corrected chi connectivity index (χ2v) is 3.67. The van der Waals surface area contributed by atoms with Gasteiger partial charge >= 0.3 is 0 Å². The van der Waals surface area contributed by atoms with Crippen LogP contribution in [-0.4, -0.2) is 15.3 Å². The van der Waals surface area contributed by atoms with Gasteiger partial charge in [-0.1, -0.05) is 24.3 Å². The molecule has 16 heavy (non-hydrogen) atoms. The van der Waals surface area contributed by atoms with Gasteiger partial charge in [0.2, 0.25) is 0 Å². The first-order valence-electron chi connectivity index (χ1n) is 5.35. The summed E-state index contributed by atoms with van der Waals surface area (Å²) in [7, 11) is 0. The molecule has 0 aliphatic heterocycles. The molecule has 0 unspecified atom stereocenters. The maximum Gasteiger partial charge on any atom is 0.159 e. The molecule has 1 aromatic carbocycles.